The second kappa shape index (κ2) is 8.12. The Morgan fingerprint density at radius 1 is 0.923 bits per heavy atom. The van der Waals surface area contributed by atoms with E-state index in [1.54, 1.807) is 5.57 Å². The molecule has 26 heavy (non-hydrogen) atoms. The lowest BCUT2D eigenvalue weighted by atomic mass is 9.81. The molecule has 1 aliphatic heterocycles. The Kier molecular flexibility index (Phi) is 5.43. The van der Waals surface area contributed by atoms with Crippen LogP contribution in [0.4, 0.5) is 5.69 Å². The van der Waals surface area contributed by atoms with E-state index in [0.717, 1.165) is 5.92 Å². The molecule has 1 saturated carbocycles. The van der Waals surface area contributed by atoms with Crippen molar-refractivity contribution < 1.29 is 0 Å². The maximum Gasteiger partial charge on any atom is 0.0366 e. The predicted octanol–water partition coefficient (Wildman–Crippen LogP) is 6.26. The molecule has 0 N–H and O–H groups in total. The smallest absolute Gasteiger partial charge is 0.0366 e. The zero-order valence-electron chi connectivity index (χ0n) is 16.0. The van der Waals surface area contributed by atoms with Crippen LogP contribution in [0.25, 0.3) is 0 Å². The second-order valence-corrected chi connectivity index (χ2v) is 8.10. The summed E-state index contributed by atoms with van der Waals surface area (Å²) in [7, 11) is 0. The van der Waals surface area contributed by atoms with Gasteiger partial charge in [0.1, 0.15) is 0 Å². The van der Waals surface area contributed by atoms with Crippen molar-refractivity contribution in [3.05, 3.63) is 77.4 Å². The lowest BCUT2D eigenvalue weighted by Crippen LogP contribution is -2.24. The summed E-state index contributed by atoms with van der Waals surface area (Å²) in [5.41, 5.74) is 6.49. The molecule has 0 spiro atoms. The highest BCUT2D eigenvalue weighted by Gasteiger charge is 2.29. The molecule has 0 amide bonds. The van der Waals surface area contributed by atoms with E-state index >= 15 is 0 Å². The highest BCUT2D eigenvalue weighted by atomic mass is 15.1. The molecule has 2 aromatic carbocycles. The Morgan fingerprint density at radius 3 is 2.31 bits per heavy atom. The summed E-state index contributed by atoms with van der Waals surface area (Å²) < 4.78 is 0. The first-order valence-corrected chi connectivity index (χ1v) is 10.4. The van der Waals surface area contributed by atoms with Crippen LogP contribution in [0.1, 0.15) is 44.6 Å². The minimum atomic E-state index is 0.683. The quantitative estimate of drug-likeness (QED) is 0.578. The van der Waals surface area contributed by atoms with Gasteiger partial charge in [0.05, 0.1) is 0 Å². The Bertz CT molecular complexity index is 725. The lowest BCUT2D eigenvalue weighted by Gasteiger charge is -2.26. The topological polar surface area (TPSA) is 3.24 Å². The van der Waals surface area contributed by atoms with Crippen molar-refractivity contribution in [2.45, 2.75) is 45.4 Å². The van der Waals surface area contributed by atoms with Gasteiger partial charge in [0.15, 0.2) is 0 Å². The van der Waals surface area contributed by atoms with Crippen LogP contribution in [0.5, 0.6) is 0 Å². The molecular weight excluding hydrogens is 314 g/mol. The van der Waals surface area contributed by atoms with E-state index in [9.17, 15) is 0 Å². The first-order chi connectivity index (χ1) is 12.8. The third kappa shape index (κ3) is 4.20. The number of hydrogen-bond donors (Lipinski definition) is 0. The van der Waals surface area contributed by atoms with Crippen LogP contribution in [0.3, 0.4) is 0 Å². The first kappa shape index (κ1) is 17.4. The number of allylic oxidation sites excluding steroid dienone is 2. The minimum Gasteiger partial charge on any atom is -0.372 e. The number of benzene rings is 2. The molecule has 2 fully saturated rings. The Morgan fingerprint density at radius 2 is 1.62 bits per heavy atom. The molecule has 0 bridgehead atoms. The fourth-order valence-corrected chi connectivity index (χ4v) is 4.77. The molecule has 0 radical (unpaired) electrons. The number of nitrogens with zero attached hydrogens (tertiary/aromatic N) is 1. The van der Waals surface area contributed by atoms with Gasteiger partial charge in [-0.1, -0.05) is 66.6 Å². The SMILES string of the molecule is CC(Cc1ccccc1)C(=C1CC1)C1CCCN(c2ccccc2)CC1. The van der Waals surface area contributed by atoms with Gasteiger partial charge in [-0.2, -0.15) is 0 Å². The van der Waals surface area contributed by atoms with Crippen molar-refractivity contribution in [1.82, 2.24) is 0 Å². The normalized spacial score (nSPS) is 21.2. The molecular formula is C25H31N. The third-order valence-corrected chi connectivity index (χ3v) is 6.11. The molecule has 1 aliphatic carbocycles. The number of hydrogen-bond acceptors (Lipinski definition) is 1. The van der Waals surface area contributed by atoms with E-state index in [4.69, 9.17) is 0 Å². The summed E-state index contributed by atoms with van der Waals surface area (Å²) in [6.07, 6.45) is 7.89. The van der Waals surface area contributed by atoms with E-state index in [0.29, 0.717) is 5.92 Å². The van der Waals surface area contributed by atoms with E-state index in [1.165, 1.54) is 62.9 Å². The number of para-hydroxylation sites is 1. The van der Waals surface area contributed by atoms with Crippen LogP contribution >= 0.6 is 0 Å². The molecule has 2 unspecified atom stereocenters. The van der Waals surface area contributed by atoms with Crippen molar-refractivity contribution >= 4 is 5.69 Å². The van der Waals surface area contributed by atoms with Gasteiger partial charge in [-0.05, 0) is 68.1 Å². The molecule has 1 nitrogen and oxygen atoms in total. The van der Waals surface area contributed by atoms with Crippen molar-refractivity contribution in [3.8, 4) is 0 Å². The van der Waals surface area contributed by atoms with Crippen LogP contribution in [-0.2, 0) is 6.42 Å². The first-order valence-electron chi connectivity index (χ1n) is 10.4. The molecule has 4 rings (SSSR count). The van der Waals surface area contributed by atoms with Crippen LogP contribution in [0.15, 0.2) is 71.8 Å². The average Bonchev–Trinajstić information content (AvgIpc) is 3.52. The van der Waals surface area contributed by atoms with Gasteiger partial charge >= 0.3 is 0 Å². The van der Waals surface area contributed by atoms with E-state index in [-0.39, 0.29) is 0 Å². The largest absolute Gasteiger partial charge is 0.372 e. The van der Waals surface area contributed by atoms with Gasteiger partial charge in [0, 0.05) is 18.8 Å². The van der Waals surface area contributed by atoms with Crippen LogP contribution in [-0.4, -0.2) is 13.1 Å². The number of anilines is 1. The summed E-state index contributed by atoms with van der Waals surface area (Å²) in [4.78, 5) is 2.59. The minimum absolute atomic E-state index is 0.683. The van der Waals surface area contributed by atoms with E-state index < -0.39 is 0 Å². The van der Waals surface area contributed by atoms with Gasteiger partial charge in [-0.15, -0.1) is 0 Å². The highest BCUT2D eigenvalue weighted by molar-refractivity contribution is 5.46. The molecule has 1 saturated heterocycles. The maximum atomic E-state index is 2.59. The molecule has 1 heteroatoms. The van der Waals surface area contributed by atoms with Crippen molar-refractivity contribution in [1.29, 1.82) is 0 Å². The lowest BCUT2D eigenvalue weighted by molar-refractivity contribution is 0.476. The summed E-state index contributed by atoms with van der Waals surface area (Å²) in [6.45, 7) is 4.87. The molecule has 0 aromatic heterocycles. The standard InChI is InChI=1S/C25H31N/c1-20(19-21-9-4-2-5-10-21)25(23-14-15-23)22-11-8-17-26(18-16-22)24-12-6-3-7-13-24/h2-7,9-10,12-13,20,22H,8,11,14-19H2,1H3. The summed E-state index contributed by atoms with van der Waals surface area (Å²) >= 11 is 0. The fourth-order valence-electron chi connectivity index (χ4n) is 4.77. The summed E-state index contributed by atoms with van der Waals surface area (Å²) in [5, 5.41) is 0. The third-order valence-electron chi connectivity index (χ3n) is 6.11. The molecule has 2 atom stereocenters. The zero-order valence-corrected chi connectivity index (χ0v) is 16.0. The second-order valence-electron chi connectivity index (χ2n) is 8.10. The van der Waals surface area contributed by atoms with Crippen molar-refractivity contribution in [3.63, 3.8) is 0 Å². The molecule has 1 heterocycles. The zero-order chi connectivity index (χ0) is 17.8. The van der Waals surface area contributed by atoms with Gasteiger partial charge in [-0.3, -0.25) is 0 Å². The number of rotatable bonds is 5. The fraction of sp³-hybridized carbons (Fsp3) is 0.440. The highest BCUT2D eigenvalue weighted by Crippen LogP contribution is 2.42. The predicted molar refractivity (Wildman–Crippen MR) is 112 cm³/mol. The van der Waals surface area contributed by atoms with E-state index in [2.05, 4.69) is 72.5 Å². The Hall–Kier alpha value is -2.02. The molecule has 2 aromatic rings. The molecule has 136 valence electrons. The van der Waals surface area contributed by atoms with Crippen molar-refractivity contribution in [2.24, 2.45) is 11.8 Å². The van der Waals surface area contributed by atoms with Gasteiger partial charge < -0.3 is 4.90 Å². The average molecular weight is 346 g/mol. The summed E-state index contributed by atoms with van der Waals surface area (Å²) in [6, 6.07) is 22.0. The monoisotopic (exact) mass is 345 g/mol. The van der Waals surface area contributed by atoms with E-state index in [1.807, 2.05) is 5.57 Å². The molecule has 2 aliphatic rings. The van der Waals surface area contributed by atoms with Gasteiger partial charge in [0.25, 0.3) is 0 Å². The maximum absolute atomic E-state index is 2.59. The summed E-state index contributed by atoms with van der Waals surface area (Å²) in [5.74, 6) is 1.48. The van der Waals surface area contributed by atoms with Crippen molar-refractivity contribution in [2.75, 3.05) is 18.0 Å². The van der Waals surface area contributed by atoms with Crippen LogP contribution < -0.4 is 4.90 Å². The van der Waals surface area contributed by atoms with Gasteiger partial charge in [-0.25, -0.2) is 0 Å². The Labute approximate surface area is 158 Å². The van der Waals surface area contributed by atoms with Crippen LogP contribution in [0.2, 0.25) is 0 Å². The van der Waals surface area contributed by atoms with Crippen LogP contribution in [0, 0.1) is 11.8 Å². The Balaban J connectivity index is 1.45. The van der Waals surface area contributed by atoms with Gasteiger partial charge in [0.2, 0.25) is 0 Å².